The molecular formula is C21H22BrNO3S. The van der Waals surface area contributed by atoms with Crippen molar-refractivity contribution in [3.05, 3.63) is 39.7 Å². The number of ether oxygens (including phenoxy) is 1. The van der Waals surface area contributed by atoms with Crippen LogP contribution in [0.25, 0.3) is 11.1 Å². The van der Waals surface area contributed by atoms with Gasteiger partial charge in [0.15, 0.2) is 0 Å². The van der Waals surface area contributed by atoms with Gasteiger partial charge in [-0.25, -0.2) is 4.79 Å². The van der Waals surface area contributed by atoms with Crippen molar-refractivity contribution in [3.63, 3.8) is 0 Å². The zero-order valence-electron chi connectivity index (χ0n) is 15.2. The van der Waals surface area contributed by atoms with E-state index >= 15 is 0 Å². The molecule has 1 heterocycles. The maximum Gasteiger partial charge on any atom is 0.341 e. The number of carbonyl (C=O) groups is 2. The molecule has 2 aliphatic rings. The number of hydrogen-bond acceptors (Lipinski definition) is 4. The fourth-order valence-electron chi connectivity index (χ4n) is 4.47. The molecule has 0 saturated heterocycles. The first-order chi connectivity index (χ1) is 13.1. The van der Waals surface area contributed by atoms with Crippen LogP contribution >= 0.6 is 27.3 Å². The molecule has 0 spiro atoms. The van der Waals surface area contributed by atoms with Crippen LogP contribution < -0.4 is 5.32 Å². The Kier molecular flexibility index (Phi) is 5.37. The van der Waals surface area contributed by atoms with Gasteiger partial charge in [-0.3, -0.25) is 4.79 Å². The lowest BCUT2D eigenvalue weighted by Gasteiger charge is -2.20. The average molecular weight is 448 g/mol. The number of esters is 1. The summed E-state index contributed by atoms with van der Waals surface area (Å²) in [5.74, 6) is 0.956. The summed E-state index contributed by atoms with van der Waals surface area (Å²) in [7, 11) is 0. The molecule has 27 heavy (non-hydrogen) atoms. The summed E-state index contributed by atoms with van der Waals surface area (Å²) in [5.41, 5.74) is 2.19. The molecule has 1 N–H and O–H groups in total. The molecule has 2 bridgehead atoms. The largest absolute Gasteiger partial charge is 0.462 e. The number of nitrogens with one attached hydrogen (secondary N) is 1. The van der Waals surface area contributed by atoms with Crippen LogP contribution in [0.15, 0.2) is 34.1 Å². The van der Waals surface area contributed by atoms with Gasteiger partial charge in [-0.1, -0.05) is 34.5 Å². The third-order valence-corrected chi connectivity index (χ3v) is 7.16. The number of rotatable bonds is 5. The Morgan fingerprint density at radius 3 is 2.63 bits per heavy atom. The van der Waals surface area contributed by atoms with Crippen molar-refractivity contribution in [3.8, 4) is 11.1 Å². The molecule has 2 fully saturated rings. The van der Waals surface area contributed by atoms with Crippen LogP contribution in [0.1, 0.15) is 43.0 Å². The van der Waals surface area contributed by atoms with E-state index in [9.17, 15) is 9.59 Å². The zero-order valence-corrected chi connectivity index (χ0v) is 17.6. The number of anilines is 1. The standard InChI is InChI=1S/C21H22BrNO3S/c1-2-26-21(25)18-17(13-5-7-15(22)8-6-13)11-27-20(18)23-19(24)16-10-12-3-4-14(16)9-12/h5-8,11-12,14,16H,2-4,9-10H2,1H3,(H,23,24). The van der Waals surface area contributed by atoms with E-state index in [1.165, 1.54) is 24.2 Å². The number of carbonyl (C=O) groups excluding carboxylic acids is 2. The second kappa shape index (κ2) is 7.76. The average Bonchev–Trinajstić information content (AvgIpc) is 3.38. The van der Waals surface area contributed by atoms with Gasteiger partial charge in [0.1, 0.15) is 10.6 Å². The molecule has 1 aromatic carbocycles. The smallest absolute Gasteiger partial charge is 0.341 e. The highest BCUT2D eigenvalue weighted by Crippen LogP contribution is 2.49. The Bertz CT molecular complexity index is 861. The Morgan fingerprint density at radius 1 is 1.22 bits per heavy atom. The van der Waals surface area contributed by atoms with Gasteiger partial charge < -0.3 is 10.1 Å². The topological polar surface area (TPSA) is 55.4 Å². The third kappa shape index (κ3) is 3.69. The molecule has 3 atom stereocenters. The van der Waals surface area contributed by atoms with Crippen LogP contribution in [-0.2, 0) is 9.53 Å². The first-order valence-electron chi connectivity index (χ1n) is 9.42. The Hall–Kier alpha value is -1.66. The molecule has 1 amide bonds. The minimum absolute atomic E-state index is 0.0527. The second-order valence-electron chi connectivity index (χ2n) is 7.35. The first-order valence-corrected chi connectivity index (χ1v) is 11.1. The molecule has 2 aliphatic carbocycles. The lowest BCUT2D eigenvalue weighted by molar-refractivity contribution is -0.121. The molecule has 6 heteroatoms. The summed E-state index contributed by atoms with van der Waals surface area (Å²) < 4.78 is 6.25. The van der Waals surface area contributed by atoms with Gasteiger partial charge in [-0.15, -0.1) is 11.3 Å². The highest BCUT2D eigenvalue weighted by molar-refractivity contribution is 9.10. The third-order valence-electron chi connectivity index (χ3n) is 5.74. The number of thiophene rings is 1. The number of benzene rings is 1. The van der Waals surface area contributed by atoms with Crippen molar-refractivity contribution in [1.29, 1.82) is 0 Å². The first kappa shape index (κ1) is 18.7. The van der Waals surface area contributed by atoms with Gasteiger partial charge in [0.25, 0.3) is 0 Å². The molecule has 1 aromatic heterocycles. The summed E-state index contributed by atoms with van der Waals surface area (Å²) in [5, 5.41) is 5.57. The summed E-state index contributed by atoms with van der Waals surface area (Å²) in [6.07, 6.45) is 4.57. The van der Waals surface area contributed by atoms with Crippen molar-refractivity contribution in [2.24, 2.45) is 17.8 Å². The molecule has 4 rings (SSSR count). The highest BCUT2D eigenvalue weighted by atomic mass is 79.9. The van der Waals surface area contributed by atoms with Gasteiger partial charge in [0, 0.05) is 21.3 Å². The van der Waals surface area contributed by atoms with Crippen LogP contribution in [0.3, 0.4) is 0 Å². The summed E-state index contributed by atoms with van der Waals surface area (Å²) >= 11 is 4.83. The fourth-order valence-corrected chi connectivity index (χ4v) is 5.69. The van der Waals surface area contributed by atoms with Crippen molar-refractivity contribution in [2.45, 2.75) is 32.6 Å². The second-order valence-corrected chi connectivity index (χ2v) is 9.15. The number of halogens is 1. The molecule has 2 aromatic rings. The van der Waals surface area contributed by atoms with Crippen molar-refractivity contribution in [2.75, 3.05) is 11.9 Å². The maximum atomic E-state index is 12.9. The van der Waals surface area contributed by atoms with E-state index in [0.717, 1.165) is 28.4 Å². The zero-order chi connectivity index (χ0) is 19.0. The number of amides is 1. The summed E-state index contributed by atoms with van der Waals surface area (Å²) in [6.45, 7) is 2.09. The van der Waals surface area contributed by atoms with Crippen LogP contribution in [0.2, 0.25) is 0 Å². The van der Waals surface area contributed by atoms with Gasteiger partial charge in [0.2, 0.25) is 5.91 Å². The molecule has 0 radical (unpaired) electrons. The van der Waals surface area contributed by atoms with Crippen molar-refractivity contribution >= 4 is 44.1 Å². The van der Waals surface area contributed by atoms with Gasteiger partial charge >= 0.3 is 5.97 Å². The van der Waals surface area contributed by atoms with Crippen LogP contribution in [0.5, 0.6) is 0 Å². The Balaban J connectivity index is 1.62. The van der Waals surface area contributed by atoms with Crippen LogP contribution in [-0.4, -0.2) is 18.5 Å². The monoisotopic (exact) mass is 447 g/mol. The molecule has 3 unspecified atom stereocenters. The van der Waals surface area contributed by atoms with Gasteiger partial charge in [0.05, 0.1) is 6.61 Å². The normalized spacial score (nSPS) is 23.4. The summed E-state index contributed by atoms with van der Waals surface area (Å²) in [6, 6.07) is 7.79. The van der Waals surface area contributed by atoms with E-state index in [4.69, 9.17) is 4.74 Å². The maximum absolute atomic E-state index is 12.9. The quantitative estimate of drug-likeness (QED) is 0.595. The number of hydrogen-bond donors (Lipinski definition) is 1. The Labute approximate surface area is 171 Å². The van der Waals surface area contributed by atoms with E-state index < -0.39 is 0 Å². The molecule has 4 nitrogen and oxygen atoms in total. The fraction of sp³-hybridized carbons (Fsp3) is 0.429. The van der Waals surface area contributed by atoms with Gasteiger partial charge in [-0.2, -0.15) is 0 Å². The predicted octanol–water partition coefficient (Wildman–Crippen LogP) is 5.73. The van der Waals surface area contributed by atoms with E-state index in [-0.39, 0.29) is 17.8 Å². The molecule has 142 valence electrons. The molecular weight excluding hydrogens is 426 g/mol. The SMILES string of the molecule is CCOC(=O)c1c(-c2ccc(Br)cc2)csc1NC(=O)C1CC2CCC1C2. The number of fused-ring (bicyclic) bond motifs is 2. The van der Waals surface area contributed by atoms with E-state index in [1.807, 2.05) is 29.6 Å². The summed E-state index contributed by atoms with van der Waals surface area (Å²) in [4.78, 5) is 25.5. The minimum Gasteiger partial charge on any atom is -0.462 e. The predicted molar refractivity (Wildman–Crippen MR) is 111 cm³/mol. The van der Waals surface area contributed by atoms with Crippen LogP contribution in [0, 0.1) is 17.8 Å². The molecule has 0 aliphatic heterocycles. The lowest BCUT2D eigenvalue weighted by atomic mass is 9.88. The van der Waals surface area contributed by atoms with Crippen molar-refractivity contribution in [1.82, 2.24) is 0 Å². The molecule has 2 saturated carbocycles. The van der Waals surface area contributed by atoms with Crippen molar-refractivity contribution < 1.29 is 14.3 Å². The minimum atomic E-state index is -0.389. The van der Waals surface area contributed by atoms with Crippen LogP contribution in [0.4, 0.5) is 5.00 Å². The Morgan fingerprint density at radius 2 is 2.00 bits per heavy atom. The van der Waals surface area contributed by atoms with E-state index in [0.29, 0.717) is 29.0 Å². The van der Waals surface area contributed by atoms with Gasteiger partial charge in [-0.05, 0) is 55.7 Å². The van der Waals surface area contributed by atoms with E-state index in [1.54, 1.807) is 6.92 Å². The highest BCUT2D eigenvalue weighted by Gasteiger charge is 2.43. The van der Waals surface area contributed by atoms with E-state index in [2.05, 4.69) is 21.2 Å². The lowest BCUT2D eigenvalue weighted by Crippen LogP contribution is -2.27.